The summed E-state index contributed by atoms with van der Waals surface area (Å²) in [6, 6.07) is 0. The molecule has 0 aliphatic carbocycles. The Kier molecular flexibility index (Phi) is 40.5. The van der Waals surface area contributed by atoms with E-state index in [0.717, 1.165) is 0 Å². The molecule has 52 valence electrons. The van der Waals surface area contributed by atoms with Gasteiger partial charge in [0.15, 0.2) is 0 Å². The van der Waals surface area contributed by atoms with Gasteiger partial charge < -0.3 is 20.4 Å². The van der Waals surface area contributed by atoms with Gasteiger partial charge in [0, 0.05) is 0 Å². The standard InChI is InChI=1S/2CH2O3.2Cs.2H/c2*2-1(3)4;;;;/h2*(H2,2,3,4);;;;. The molecular formula is C2H6Cs2O6. The minimum atomic E-state index is -1.83. The first-order valence-electron chi connectivity index (χ1n) is 1.30. The summed E-state index contributed by atoms with van der Waals surface area (Å²) in [6.45, 7) is 0. The van der Waals surface area contributed by atoms with Gasteiger partial charge in [-0.25, -0.2) is 9.59 Å². The molecule has 0 spiro atoms. The van der Waals surface area contributed by atoms with Gasteiger partial charge in [0.1, 0.15) is 0 Å². The zero-order valence-corrected chi connectivity index (χ0v) is 3.61. The molecule has 10 heavy (non-hydrogen) atoms. The molecule has 0 aromatic rings. The van der Waals surface area contributed by atoms with E-state index in [1.165, 1.54) is 0 Å². The van der Waals surface area contributed by atoms with E-state index < -0.39 is 12.3 Å². The molecule has 8 heteroatoms. The van der Waals surface area contributed by atoms with Crippen LogP contribution in [0.4, 0.5) is 9.59 Å². The molecule has 0 heterocycles. The third kappa shape index (κ3) is 142. The van der Waals surface area contributed by atoms with Crippen molar-refractivity contribution in [1.82, 2.24) is 0 Å². The molecule has 0 fully saturated rings. The van der Waals surface area contributed by atoms with Crippen molar-refractivity contribution in [2.45, 2.75) is 0 Å². The normalized spacial score (nSPS) is 4.80. The van der Waals surface area contributed by atoms with E-state index in [-0.39, 0.29) is 138 Å². The molecule has 0 saturated carbocycles. The summed E-state index contributed by atoms with van der Waals surface area (Å²) < 4.78 is 0. The number of carbonyl (C=O) groups is 2. The minimum absolute atomic E-state index is 0. The van der Waals surface area contributed by atoms with Crippen LogP contribution < -0.4 is 0 Å². The molecule has 0 aromatic carbocycles. The first-order valence-corrected chi connectivity index (χ1v) is 1.30. The predicted octanol–water partition coefficient (Wildman–Crippen LogP) is -0.852. The second kappa shape index (κ2) is 17.7. The Labute approximate surface area is 174 Å². The number of carboxylic acid groups (broad SMARTS) is 4. The van der Waals surface area contributed by atoms with Gasteiger partial charge in [-0.15, -0.1) is 0 Å². The van der Waals surface area contributed by atoms with Crippen LogP contribution in [-0.2, 0) is 0 Å². The van der Waals surface area contributed by atoms with Gasteiger partial charge in [0.25, 0.3) is 0 Å². The molecule has 0 amide bonds. The predicted molar refractivity (Wildman–Crippen MR) is 35.6 cm³/mol. The van der Waals surface area contributed by atoms with Crippen LogP contribution in [0.25, 0.3) is 0 Å². The van der Waals surface area contributed by atoms with Gasteiger partial charge in [-0.1, -0.05) is 0 Å². The summed E-state index contributed by atoms with van der Waals surface area (Å²) in [5.74, 6) is 0. The maximum absolute atomic E-state index is 8.56. The first-order chi connectivity index (χ1) is 3.46. The van der Waals surface area contributed by atoms with Crippen molar-refractivity contribution in [1.29, 1.82) is 0 Å². The van der Waals surface area contributed by atoms with E-state index in [2.05, 4.69) is 0 Å². The van der Waals surface area contributed by atoms with Crippen LogP contribution in [-0.4, -0.2) is 171 Å². The Balaban J connectivity index is -0.0000000300. The second-order valence-electron chi connectivity index (χ2n) is 0.565. The van der Waals surface area contributed by atoms with Crippen molar-refractivity contribution in [3.63, 3.8) is 0 Å². The molecule has 0 rings (SSSR count). The van der Waals surface area contributed by atoms with Crippen molar-refractivity contribution in [2.75, 3.05) is 0 Å². The fraction of sp³-hybridized carbons (Fsp3) is 0. The summed E-state index contributed by atoms with van der Waals surface area (Å²) >= 11 is 0. The summed E-state index contributed by atoms with van der Waals surface area (Å²) in [7, 11) is 0. The van der Waals surface area contributed by atoms with E-state index >= 15 is 0 Å². The molecular weight excluding hydrogens is 386 g/mol. The summed E-state index contributed by atoms with van der Waals surface area (Å²) in [5, 5.41) is 27.9. The average molecular weight is 392 g/mol. The summed E-state index contributed by atoms with van der Waals surface area (Å²) in [6.07, 6.45) is -3.67. The Morgan fingerprint density at radius 1 is 0.700 bits per heavy atom. The SMILES string of the molecule is O=C(O)O.O=C(O)O.[CsH].[CsH]. The van der Waals surface area contributed by atoms with Crippen LogP contribution in [0.2, 0.25) is 0 Å². The molecule has 0 unspecified atom stereocenters. The molecule has 0 radical (unpaired) electrons. The zero-order chi connectivity index (χ0) is 7.15. The molecule has 4 N–H and O–H groups in total. The van der Waals surface area contributed by atoms with Gasteiger partial charge in [0.05, 0.1) is 0 Å². The van der Waals surface area contributed by atoms with Crippen molar-refractivity contribution in [3.8, 4) is 0 Å². The molecule has 0 aliphatic heterocycles. The summed E-state index contributed by atoms with van der Waals surface area (Å²) in [5.41, 5.74) is 0. The zero-order valence-electron chi connectivity index (χ0n) is 3.61. The molecule has 0 aliphatic rings. The number of hydrogen-bond acceptors (Lipinski definition) is 2. The fourth-order valence-corrected chi connectivity index (χ4v) is 0. The van der Waals surface area contributed by atoms with Gasteiger partial charge in [-0.3, -0.25) is 0 Å². The van der Waals surface area contributed by atoms with Crippen LogP contribution in [0.15, 0.2) is 0 Å². The van der Waals surface area contributed by atoms with E-state index in [9.17, 15) is 0 Å². The molecule has 0 atom stereocenters. The summed E-state index contributed by atoms with van der Waals surface area (Å²) in [4.78, 5) is 17.1. The Morgan fingerprint density at radius 3 is 0.700 bits per heavy atom. The Morgan fingerprint density at radius 2 is 0.700 bits per heavy atom. The van der Waals surface area contributed by atoms with Gasteiger partial charge in [0.2, 0.25) is 0 Å². The van der Waals surface area contributed by atoms with Crippen molar-refractivity contribution < 1.29 is 30.0 Å². The molecule has 0 aromatic heterocycles. The number of rotatable bonds is 0. The molecule has 6 nitrogen and oxygen atoms in total. The Hall–Kier alpha value is 2.64. The monoisotopic (exact) mass is 392 g/mol. The van der Waals surface area contributed by atoms with E-state index in [1.807, 2.05) is 0 Å². The third-order valence-electron chi connectivity index (χ3n) is 0. The van der Waals surface area contributed by atoms with Crippen molar-refractivity contribution >= 4 is 150 Å². The van der Waals surface area contributed by atoms with Crippen LogP contribution in [0.5, 0.6) is 0 Å². The average Bonchev–Trinajstić information content (AvgIpc) is 1.25. The van der Waals surface area contributed by atoms with Crippen molar-refractivity contribution in [2.24, 2.45) is 0 Å². The second-order valence-corrected chi connectivity index (χ2v) is 0.565. The van der Waals surface area contributed by atoms with E-state index in [1.54, 1.807) is 0 Å². The Bertz CT molecular complexity index is 71.7. The van der Waals surface area contributed by atoms with E-state index in [0.29, 0.717) is 0 Å². The fourth-order valence-electron chi connectivity index (χ4n) is 0. The third-order valence-corrected chi connectivity index (χ3v) is 0. The molecule has 0 saturated heterocycles. The first kappa shape index (κ1) is 22.9. The van der Waals surface area contributed by atoms with Crippen molar-refractivity contribution in [3.05, 3.63) is 0 Å². The van der Waals surface area contributed by atoms with E-state index in [4.69, 9.17) is 30.0 Å². The van der Waals surface area contributed by atoms with Crippen LogP contribution in [0, 0.1) is 0 Å². The topological polar surface area (TPSA) is 115 Å². The quantitative estimate of drug-likeness (QED) is 0.427. The van der Waals surface area contributed by atoms with Gasteiger partial charge >= 0.3 is 150 Å². The maximum atomic E-state index is 8.56. The number of hydrogen-bond donors (Lipinski definition) is 4. The van der Waals surface area contributed by atoms with Crippen LogP contribution in [0.3, 0.4) is 0 Å². The van der Waals surface area contributed by atoms with Gasteiger partial charge in [-0.2, -0.15) is 0 Å². The van der Waals surface area contributed by atoms with Crippen LogP contribution >= 0.6 is 0 Å². The molecule has 0 bridgehead atoms. The van der Waals surface area contributed by atoms with Crippen LogP contribution in [0.1, 0.15) is 0 Å². The van der Waals surface area contributed by atoms with Gasteiger partial charge in [-0.05, 0) is 0 Å².